The third-order valence-corrected chi connectivity index (χ3v) is 6.87. The molecule has 0 unspecified atom stereocenters. The van der Waals surface area contributed by atoms with E-state index in [9.17, 15) is 9.59 Å². The fourth-order valence-corrected chi connectivity index (χ4v) is 4.74. The largest absolute Gasteiger partial charge is 0.493 e. The number of hydrogen-bond donors (Lipinski definition) is 0. The van der Waals surface area contributed by atoms with Gasteiger partial charge in [0.15, 0.2) is 16.9 Å². The summed E-state index contributed by atoms with van der Waals surface area (Å²) in [7, 11) is 1.58. The Hall–Kier alpha value is -4.13. The fraction of sp³-hybridized carbons (Fsp3) is 0.300. The molecule has 3 heterocycles. The van der Waals surface area contributed by atoms with Gasteiger partial charge in [-0.3, -0.25) is 14.5 Å². The number of unbranched alkanes of at least 4 members (excludes halogenated alkanes) is 1. The van der Waals surface area contributed by atoms with Crippen molar-refractivity contribution >= 4 is 22.7 Å². The van der Waals surface area contributed by atoms with Gasteiger partial charge in [-0.1, -0.05) is 25.5 Å². The number of hydrogen-bond acceptors (Lipinski definition) is 6. The average Bonchev–Trinajstić information content (AvgIpc) is 3.18. The molecule has 190 valence electrons. The van der Waals surface area contributed by atoms with Gasteiger partial charge in [0.1, 0.15) is 11.4 Å². The van der Waals surface area contributed by atoms with Crippen LogP contribution in [-0.4, -0.2) is 24.6 Å². The van der Waals surface area contributed by atoms with Crippen LogP contribution in [-0.2, 0) is 0 Å². The van der Waals surface area contributed by atoms with Gasteiger partial charge in [0.05, 0.1) is 30.7 Å². The van der Waals surface area contributed by atoms with Crippen molar-refractivity contribution in [2.45, 2.75) is 46.6 Å². The highest BCUT2D eigenvalue weighted by Gasteiger charge is 2.44. The van der Waals surface area contributed by atoms with Crippen molar-refractivity contribution in [3.8, 4) is 11.5 Å². The Labute approximate surface area is 215 Å². The summed E-state index contributed by atoms with van der Waals surface area (Å²) in [6.07, 6.45) is 1.94. The summed E-state index contributed by atoms with van der Waals surface area (Å²) in [4.78, 5) is 33.9. The standard InChI is InChI=1S/C30H30N2O5/c1-6-7-13-36-22-12-11-20(16-24(22)35-5)27-26-28(33)21-14-17(2)18(3)15-23(21)37-29(26)30(34)32(27)25-10-8-9-19(4)31-25/h8-12,14-16,27H,6-7,13H2,1-5H3/t27-/m0/s1. The number of amides is 1. The molecule has 0 saturated carbocycles. The molecule has 0 saturated heterocycles. The van der Waals surface area contributed by atoms with E-state index in [0.29, 0.717) is 46.0 Å². The SMILES string of the molecule is CCCCOc1ccc([C@H]2c3c(oc4cc(C)c(C)cc4c3=O)C(=O)N2c2cccc(C)n2)cc1OC. The number of carbonyl (C=O) groups is 1. The fourth-order valence-electron chi connectivity index (χ4n) is 4.74. The maximum absolute atomic E-state index is 13.9. The van der Waals surface area contributed by atoms with Gasteiger partial charge in [0, 0.05) is 5.69 Å². The molecule has 7 heteroatoms. The predicted octanol–water partition coefficient (Wildman–Crippen LogP) is 6.05. The zero-order valence-corrected chi connectivity index (χ0v) is 21.8. The molecule has 0 fully saturated rings. The van der Waals surface area contributed by atoms with Crippen molar-refractivity contribution in [3.63, 3.8) is 0 Å². The number of pyridine rings is 1. The highest BCUT2D eigenvalue weighted by atomic mass is 16.5. The molecular formula is C30H30N2O5. The Balaban J connectivity index is 1.73. The minimum atomic E-state index is -0.738. The second-order valence-electron chi connectivity index (χ2n) is 9.43. The van der Waals surface area contributed by atoms with Crippen LogP contribution in [0.2, 0.25) is 0 Å². The van der Waals surface area contributed by atoms with Crippen LogP contribution in [0.3, 0.4) is 0 Å². The highest BCUT2D eigenvalue weighted by molar-refractivity contribution is 6.10. The Morgan fingerprint density at radius 2 is 1.78 bits per heavy atom. The number of methoxy groups -OCH3 is 1. The van der Waals surface area contributed by atoms with Crippen molar-refractivity contribution in [3.05, 3.63) is 92.5 Å². The van der Waals surface area contributed by atoms with Crippen molar-refractivity contribution in [2.75, 3.05) is 18.6 Å². The lowest BCUT2D eigenvalue weighted by Crippen LogP contribution is -2.30. The average molecular weight is 499 g/mol. The quantitative estimate of drug-likeness (QED) is 0.289. The summed E-state index contributed by atoms with van der Waals surface area (Å²) in [5.74, 6) is 1.22. The van der Waals surface area contributed by atoms with Crippen LogP contribution in [0, 0.1) is 20.8 Å². The number of aromatic nitrogens is 1. The third-order valence-electron chi connectivity index (χ3n) is 6.87. The summed E-state index contributed by atoms with van der Waals surface area (Å²) in [6.45, 7) is 8.44. The molecule has 5 rings (SSSR count). The molecule has 1 atom stereocenters. The number of nitrogens with zero attached hydrogens (tertiary/aromatic N) is 2. The first-order valence-electron chi connectivity index (χ1n) is 12.5. The van der Waals surface area contributed by atoms with Crippen LogP contribution in [0.25, 0.3) is 11.0 Å². The molecule has 2 aromatic carbocycles. The predicted molar refractivity (Wildman–Crippen MR) is 143 cm³/mol. The molecule has 2 aromatic heterocycles. The van der Waals surface area contributed by atoms with E-state index in [1.54, 1.807) is 13.2 Å². The molecule has 0 spiro atoms. The highest BCUT2D eigenvalue weighted by Crippen LogP contribution is 2.43. The first-order valence-corrected chi connectivity index (χ1v) is 12.5. The van der Waals surface area contributed by atoms with Gasteiger partial charge in [0.25, 0.3) is 5.91 Å². The van der Waals surface area contributed by atoms with Crippen molar-refractivity contribution in [1.29, 1.82) is 0 Å². The van der Waals surface area contributed by atoms with Gasteiger partial charge in [-0.25, -0.2) is 4.98 Å². The van der Waals surface area contributed by atoms with Crippen molar-refractivity contribution in [1.82, 2.24) is 4.98 Å². The number of anilines is 1. The van der Waals surface area contributed by atoms with Gasteiger partial charge in [0.2, 0.25) is 5.76 Å². The molecule has 1 aliphatic rings. The molecule has 0 bridgehead atoms. The van der Waals surface area contributed by atoms with Gasteiger partial charge < -0.3 is 13.9 Å². The summed E-state index contributed by atoms with van der Waals surface area (Å²) in [5, 5.41) is 0.449. The van der Waals surface area contributed by atoms with E-state index in [0.717, 1.165) is 29.7 Å². The molecule has 4 aromatic rings. The molecular weight excluding hydrogens is 468 g/mol. The molecule has 0 N–H and O–H groups in total. The first kappa shape index (κ1) is 24.6. The number of rotatable bonds is 7. The molecule has 37 heavy (non-hydrogen) atoms. The van der Waals surface area contributed by atoms with E-state index in [1.165, 1.54) is 4.90 Å². The second-order valence-corrected chi connectivity index (χ2v) is 9.43. The number of fused-ring (bicyclic) bond motifs is 2. The topological polar surface area (TPSA) is 81.9 Å². The first-order chi connectivity index (χ1) is 17.8. The summed E-state index contributed by atoms with van der Waals surface area (Å²) >= 11 is 0. The molecule has 0 radical (unpaired) electrons. The minimum Gasteiger partial charge on any atom is -0.493 e. The van der Waals surface area contributed by atoms with E-state index in [4.69, 9.17) is 13.9 Å². The number of ether oxygens (including phenoxy) is 2. The van der Waals surface area contributed by atoms with Crippen molar-refractivity contribution < 1.29 is 18.7 Å². The molecule has 0 aliphatic carbocycles. The van der Waals surface area contributed by atoms with Gasteiger partial charge in [-0.15, -0.1) is 0 Å². The van der Waals surface area contributed by atoms with Gasteiger partial charge in [-0.2, -0.15) is 0 Å². The lowest BCUT2D eigenvalue weighted by atomic mass is 9.97. The van der Waals surface area contributed by atoms with Crippen LogP contribution in [0.15, 0.2) is 57.7 Å². The van der Waals surface area contributed by atoms with Crippen LogP contribution in [0.4, 0.5) is 5.82 Å². The number of aryl methyl sites for hydroxylation is 3. The van der Waals surface area contributed by atoms with Gasteiger partial charge in [-0.05, 0) is 80.3 Å². The molecule has 7 nitrogen and oxygen atoms in total. The zero-order chi connectivity index (χ0) is 26.3. The van der Waals surface area contributed by atoms with E-state index < -0.39 is 11.9 Å². The zero-order valence-electron chi connectivity index (χ0n) is 21.8. The Morgan fingerprint density at radius 3 is 2.51 bits per heavy atom. The third kappa shape index (κ3) is 4.24. The second kappa shape index (κ2) is 9.73. The van der Waals surface area contributed by atoms with E-state index in [-0.39, 0.29) is 11.2 Å². The molecule has 1 aliphatic heterocycles. The lowest BCUT2D eigenvalue weighted by Gasteiger charge is -2.25. The van der Waals surface area contributed by atoms with Crippen LogP contribution in [0.1, 0.15) is 64.3 Å². The van der Waals surface area contributed by atoms with E-state index in [2.05, 4.69) is 11.9 Å². The monoisotopic (exact) mass is 498 g/mol. The van der Waals surface area contributed by atoms with Gasteiger partial charge >= 0.3 is 0 Å². The number of benzene rings is 2. The lowest BCUT2D eigenvalue weighted by molar-refractivity contribution is 0.0970. The van der Waals surface area contributed by atoms with E-state index >= 15 is 0 Å². The van der Waals surface area contributed by atoms with Crippen LogP contribution < -0.4 is 19.8 Å². The Bertz CT molecular complexity index is 1570. The summed E-state index contributed by atoms with van der Waals surface area (Å²) in [5.41, 5.74) is 3.89. The smallest absolute Gasteiger partial charge is 0.296 e. The van der Waals surface area contributed by atoms with E-state index in [1.807, 2.05) is 63.2 Å². The van der Waals surface area contributed by atoms with Crippen LogP contribution >= 0.6 is 0 Å². The maximum atomic E-state index is 13.9. The summed E-state index contributed by atoms with van der Waals surface area (Å²) in [6, 6.07) is 13.9. The normalized spacial score (nSPS) is 14.8. The minimum absolute atomic E-state index is 0.0382. The molecule has 1 amide bonds. The summed E-state index contributed by atoms with van der Waals surface area (Å²) < 4.78 is 17.7. The maximum Gasteiger partial charge on any atom is 0.296 e. The number of carbonyl (C=O) groups excluding carboxylic acids is 1. The Morgan fingerprint density at radius 1 is 1.00 bits per heavy atom. The van der Waals surface area contributed by atoms with Crippen molar-refractivity contribution in [2.24, 2.45) is 0 Å². The van der Waals surface area contributed by atoms with Crippen LogP contribution in [0.5, 0.6) is 11.5 Å². The Kier molecular flexibility index (Phi) is 6.46.